The Morgan fingerprint density at radius 3 is 1.82 bits per heavy atom. The van der Waals surface area contributed by atoms with Gasteiger partial charge in [-0.25, -0.2) is 4.79 Å². The van der Waals surface area contributed by atoms with Gasteiger partial charge in [0.2, 0.25) is 0 Å². The standard InChI is InChI=1S/C25H49NO2/c1-5-6-7-8-9-10-11-12-13-14-15-16-17-20-23-21-18-19-22-26(23)24(27)28-25(2,3)4/h23H,5-22H2,1-4H3/t23-/m0/s1. The number of unbranched alkanes of at least 4 members (excludes halogenated alkanes) is 12. The van der Waals surface area contributed by atoms with Crippen molar-refractivity contribution < 1.29 is 9.53 Å². The van der Waals surface area contributed by atoms with Crippen LogP contribution in [0.3, 0.4) is 0 Å². The molecular weight excluding hydrogens is 346 g/mol. The summed E-state index contributed by atoms with van der Waals surface area (Å²) in [4.78, 5) is 14.5. The highest BCUT2D eigenvalue weighted by Gasteiger charge is 2.29. The summed E-state index contributed by atoms with van der Waals surface area (Å²) in [7, 11) is 0. The molecule has 1 aliphatic rings. The molecule has 166 valence electrons. The predicted octanol–water partition coefficient (Wildman–Crippen LogP) is 8.26. The van der Waals surface area contributed by atoms with Crippen molar-refractivity contribution >= 4 is 6.09 Å². The zero-order valence-electron chi connectivity index (χ0n) is 19.6. The van der Waals surface area contributed by atoms with Crippen LogP contribution in [0.15, 0.2) is 0 Å². The minimum absolute atomic E-state index is 0.105. The maximum atomic E-state index is 12.5. The van der Waals surface area contributed by atoms with Crippen molar-refractivity contribution in [1.29, 1.82) is 0 Å². The second kappa shape index (κ2) is 15.2. The third-order valence-corrected chi connectivity index (χ3v) is 5.90. The second-order valence-electron chi connectivity index (χ2n) is 9.85. The van der Waals surface area contributed by atoms with E-state index in [0.717, 1.165) is 25.8 Å². The normalized spacial score (nSPS) is 17.7. The summed E-state index contributed by atoms with van der Waals surface area (Å²) in [6, 6.07) is 0.399. The van der Waals surface area contributed by atoms with Crippen LogP contribution in [-0.4, -0.2) is 29.2 Å². The highest BCUT2D eigenvalue weighted by molar-refractivity contribution is 5.68. The predicted molar refractivity (Wildman–Crippen MR) is 121 cm³/mol. The van der Waals surface area contributed by atoms with Gasteiger partial charge in [-0.05, 0) is 46.5 Å². The summed E-state index contributed by atoms with van der Waals surface area (Å²) in [5, 5.41) is 0. The largest absolute Gasteiger partial charge is 0.444 e. The number of hydrogen-bond donors (Lipinski definition) is 0. The molecule has 1 atom stereocenters. The zero-order chi connectivity index (χ0) is 20.7. The number of ether oxygens (including phenoxy) is 1. The van der Waals surface area contributed by atoms with Crippen LogP contribution in [0.2, 0.25) is 0 Å². The molecule has 0 aliphatic carbocycles. The molecule has 0 N–H and O–H groups in total. The molecule has 1 aliphatic heterocycles. The van der Waals surface area contributed by atoms with E-state index in [4.69, 9.17) is 4.74 Å². The molecular formula is C25H49NO2. The summed E-state index contributed by atoms with van der Waals surface area (Å²) in [5.41, 5.74) is -0.394. The third-order valence-electron chi connectivity index (χ3n) is 5.90. The van der Waals surface area contributed by atoms with Crippen molar-refractivity contribution in [2.75, 3.05) is 6.54 Å². The molecule has 0 saturated carbocycles. The number of amides is 1. The first-order chi connectivity index (χ1) is 13.4. The van der Waals surface area contributed by atoms with Crippen LogP contribution >= 0.6 is 0 Å². The summed E-state index contributed by atoms with van der Waals surface area (Å²) in [6.45, 7) is 9.02. The van der Waals surface area contributed by atoms with Gasteiger partial charge >= 0.3 is 6.09 Å². The van der Waals surface area contributed by atoms with E-state index in [-0.39, 0.29) is 6.09 Å². The topological polar surface area (TPSA) is 29.5 Å². The first kappa shape index (κ1) is 25.3. The summed E-state index contributed by atoms with van der Waals surface area (Å²) in [5.74, 6) is 0. The highest BCUT2D eigenvalue weighted by Crippen LogP contribution is 2.24. The molecule has 0 aromatic rings. The van der Waals surface area contributed by atoms with Crippen LogP contribution < -0.4 is 0 Å². The lowest BCUT2D eigenvalue weighted by molar-refractivity contribution is 0.00858. The van der Waals surface area contributed by atoms with E-state index < -0.39 is 5.60 Å². The van der Waals surface area contributed by atoms with Gasteiger partial charge in [0, 0.05) is 12.6 Å². The van der Waals surface area contributed by atoms with Crippen molar-refractivity contribution in [2.45, 2.75) is 148 Å². The van der Waals surface area contributed by atoms with E-state index in [0.29, 0.717) is 6.04 Å². The molecule has 3 nitrogen and oxygen atoms in total. The number of carbonyl (C=O) groups is 1. The molecule has 1 fully saturated rings. The van der Waals surface area contributed by atoms with E-state index >= 15 is 0 Å². The van der Waals surface area contributed by atoms with Crippen molar-refractivity contribution in [1.82, 2.24) is 4.90 Å². The smallest absolute Gasteiger partial charge is 0.410 e. The lowest BCUT2D eigenvalue weighted by Crippen LogP contribution is -2.46. The second-order valence-corrected chi connectivity index (χ2v) is 9.85. The van der Waals surface area contributed by atoms with Gasteiger partial charge in [0.1, 0.15) is 5.60 Å². The van der Waals surface area contributed by atoms with E-state index in [1.165, 1.54) is 89.9 Å². The average Bonchev–Trinajstić information content (AvgIpc) is 2.64. The lowest BCUT2D eigenvalue weighted by atomic mass is 9.96. The van der Waals surface area contributed by atoms with Crippen LogP contribution in [0.5, 0.6) is 0 Å². The quantitative estimate of drug-likeness (QED) is 0.277. The zero-order valence-corrected chi connectivity index (χ0v) is 19.6. The van der Waals surface area contributed by atoms with E-state index in [2.05, 4.69) is 6.92 Å². The summed E-state index contributed by atoms with van der Waals surface area (Å²) in [6.07, 6.45) is 22.6. The maximum Gasteiger partial charge on any atom is 0.410 e. The van der Waals surface area contributed by atoms with Crippen molar-refractivity contribution in [3.05, 3.63) is 0 Å². The van der Waals surface area contributed by atoms with Gasteiger partial charge in [0.25, 0.3) is 0 Å². The Hall–Kier alpha value is -0.730. The fourth-order valence-corrected chi connectivity index (χ4v) is 4.26. The molecule has 1 saturated heterocycles. The van der Waals surface area contributed by atoms with Gasteiger partial charge in [-0.15, -0.1) is 0 Å². The van der Waals surface area contributed by atoms with E-state index in [1.54, 1.807) is 0 Å². The van der Waals surface area contributed by atoms with Crippen LogP contribution in [0, 0.1) is 0 Å². The van der Waals surface area contributed by atoms with Crippen molar-refractivity contribution in [2.24, 2.45) is 0 Å². The molecule has 1 heterocycles. The number of carbonyl (C=O) groups excluding carboxylic acids is 1. The van der Waals surface area contributed by atoms with Crippen LogP contribution in [-0.2, 0) is 4.74 Å². The number of likely N-dealkylation sites (tertiary alicyclic amines) is 1. The van der Waals surface area contributed by atoms with Crippen molar-refractivity contribution in [3.8, 4) is 0 Å². The monoisotopic (exact) mass is 395 g/mol. The van der Waals surface area contributed by atoms with Crippen LogP contribution in [0.4, 0.5) is 4.79 Å². The molecule has 0 radical (unpaired) electrons. The molecule has 0 aromatic heterocycles. The number of hydrogen-bond acceptors (Lipinski definition) is 2. The molecule has 1 amide bonds. The van der Waals surface area contributed by atoms with Gasteiger partial charge in [0.05, 0.1) is 0 Å². The average molecular weight is 396 g/mol. The van der Waals surface area contributed by atoms with Gasteiger partial charge in [-0.1, -0.05) is 90.4 Å². The molecule has 0 bridgehead atoms. The summed E-state index contributed by atoms with van der Waals surface area (Å²) < 4.78 is 5.61. The Labute approximate surface area is 176 Å². The number of rotatable bonds is 14. The first-order valence-corrected chi connectivity index (χ1v) is 12.4. The number of nitrogens with zero attached hydrogens (tertiary/aromatic N) is 1. The Kier molecular flexibility index (Phi) is 13.7. The molecule has 3 heteroatoms. The van der Waals surface area contributed by atoms with E-state index in [9.17, 15) is 4.79 Å². The molecule has 0 aromatic carbocycles. The van der Waals surface area contributed by atoms with Crippen LogP contribution in [0.25, 0.3) is 0 Å². The van der Waals surface area contributed by atoms with Gasteiger partial charge in [-0.3, -0.25) is 0 Å². The minimum atomic E-state index is -0.394. The first-order valence-electron chi connectivity index (χ1n) is 12.4. The van der Waals surface area contributed by atoms with E-state index in [1.807, 2.05) is 25.7 Å². The third kappa shape index (κ3) is 12.7. The lowest BCUT2D eigenvalue weighted by Gasteiger charge is -2.37. The van der Waals surface area contributed by atoms with Gasteiger partial charge < -0.3 is 9.64 Å². The molecule has 0 spiro atoms. The van der Waals surface area contributed by atoms with Gasteiger partial charge in [0.15, 0.2) is 0 Å². The minimum Gasteiger partial charge on any atom is -0.444 e. The SMILES string of the molecule is CCCCCCCCCCCCCCC[C@H]1CCCCN1C(=O)OC(C)(C)C. The fraction of sp³-hybridized carbons (Fsp3) is 0.960. The van der Waals surface area contributed by atoms with Gasteiger partial charge in [-0.2, -0.15) is 0 Å². The Bertz CT molecular complexity index is 388. The molecule has 28 heavy (non-hydrogen) atoms. The fourth-order valence-electron chi connectivity index (χ4n) is 4.26. The number of piperidine rings is 1. The highest BCUT2D eigenvalue weighted by atomic mass is 16.6. The Balaban J connectivity index is 2.03. The Morgan fingerprint density at radius 2 is 1.32 bits per heavy atom. The van der Waals surface area contributed by atoms with Crippen LogP contribution in [0.1, 0.15) is 137 Å². The molecule has 1 rings (SSSR count). The van der Waals surface area contributed by atoms with Crippen molar-refractivity contribution in [3.63, 3.8) is 0 Å². The molecule has 0 unspecified atom stereocenters. The summed E-state index contributed by atoms with van der Waals surface area (Å²) >= 11 is 0. The Morgan fingerprint density at radius 1 is 0.821 bits per heavy atom. The maximum absolute atomic E-state index is 12.5.